The second-order valence-electron chi connectivity index (χ2n) is 2.27. The maximum atomic E-state index is 9.01. The van der Waals surface area contributed by atoms with Crippen LogP contribution in [0, 0.1) is 0 Å². The molecule has 0 spiro atoms. The number of aliphatic hydroxyl groups excluding tert-OH is 3. The van der Waals surface area contributed by atoms with Crippen molar-refractivity contribution < 1.29 is 15.3 Å². The molecule has 0 aliphatic heterocycles. The molecule has 0 saturated heterocycles. The molecule has 4 heteroatoms. The maximum absolute atomic E-state index is 9.01. The van der Waals surface area contributed by atoms with Gasteiger partial charge in [-0.3, -0.25) is 0 Å². The summed E-state index contributed by atoms with van der Waals surface area (Å²) in [5.41, 5.74) is 5.04. The highest BCUT2D eigenvalue weighted by Gasteiger charge is 2.21. The highest BCUT2D eigenvalue weighted by molar-refractivity contribution is 4.74. The highest BCUT2D eigenvalue weighted by atomic mass is 16.4. The Balaban J connectivity index is 3.69. The van der Waals surface area contributed by atoms with Crippen molar-refractivity contribution in [3.63, 3.8) is 0 Å². The van der Waals surface area contributed by atoms with Crippen molar-refractivity contribution in [2.45, 2.75) is 31.7 Å². The lowest BCUT2D eigenvalue weighted by Crippen LogP contribution is -2.41. The van der Waals surface area contributed by atoms with E-state index in [1.807, 2.05) is 0 Å². The zero-order chi connectivity index (χ0) is 8.15. The fraction of sp³-hybridized carbons (Fsp3) is 1.00. The van der Waals surface area contributed by atoms with Crippen LogP contribution >= 0.6 is 0 Å². The molecule has 0 aromatic carbocycles. The predicted octanol–water partition coefficient (Wildman–Crippen LogP) is -1.56. The molecule has 5 N–H and O–H groups in total. The summed E-state index contributed by atoms with van der Waals surface area (Å²) in [5.74, 6) is 0. The van der Waals surface area contributed by atoms with Crippen LogP contribution < -0.4 is 5.73 Å². The van der Waals surface area contributed by atoms with Crippen molar-refractivity contribution in [2.24, 2.45) is 5.73 Å². The first-order chi connectivity index (χ1) is 4.63. The summed E-state index contributed by atoms with van der Waals surface area (Å²) in [6.45, 7) is 1.69. The number of nitrogens with two attached hydrogens (primary N) is 1. The van der Waals surface area contributed by atoms with E-state index in [4.69, 9.17) is 21.1 Å². The van der Waals surface area contributed by atoms with Gasteiger partial charge in [0.25, 0.3) is 0 Å². The van der Waals surface area contributed by atoms with Crippen LogP contribution in [0.4, 0.5) is 0 Å². The Kier molecular flexibility index (Phi) is 4.55. The number of hydrogen-bond donors (Lipinski definition) is 4. The van der Waals surface area contributed by atoms with Crippen molar-refractivity contribution >= 4 is 0 Å². The Bertz CT molecular complexity index is 79.1. The molecule has 0 aliphatic carbocycles. The van der Waals surface area contributed by atoms with Crippen LogP contribution in [0.3, 0.4) is 0 Å². The molecule has 0 fully saturated rings. The number of aliphatic hydroxyl groups is 3. The molecule has 0 aromatic heterocycles. The van der Waals surface area contributed by atoms with Gasteiger partial charge in [-0.05, 0) is 6.42 Å². The van der Waals surface area contributed by atoms with E-state index < -0.39 is 18.3 Å². The lowest BCUT2D eigenvalue weighted by molar-refractivity contribution is -0.0558. The zero-order valence-electron chi connectivity index (χ0n) is 6.07. The first-order valence-corrected chi connectivity index (χ1v) is 3.37. The van der Waals surface area contributed by atoms with Crippen LogP contribution in [0.5, 0.6) is 0 Å². The summed E-state index contributed by atoms with van der Waals surface area (Å²) in [5, 5.41) is 26.9. The minimum absolute atomic E-state index is 0.0295. The average Bonchev–Trinajstić information content (AvgIpc) is 2.00. The summed E-state index contributed by atoms with van der Waals surface area (Å²) >= 11 is 0. The van der Waals surface area contributed by atoms with Gasteiger partial charge in [0.2, 0.25) is 0 Å². The summed E-state index contributed by atoms with van der Waals surface area (Å²) < 4.78 is 0. The van der Waals surface area contributed by atoms with Gasteiger partial charge in [-0.25, -0.2) is 0 Å². The molecule has 0 rings (SSSR count). The van der Waals surface area contributed by atoms with E-state index in [2.05, 4.69) is 0 Å². The number of hydrogen-bond acceptors (Lipinski definition) is 4. The fourth-order valence-electron chi connectivity index (χ4n) is 0.637. The topological polar surface area (TPSA) is 86.7 Å². The van der Waals surface area contributed by atoms with Crippen molar-refractivity contribution in [1.82, 2.24) is 0 Å². The van der Waals surface area contributed by atoms with E-state index in [1.165, 1.54) is 0 Å². The first kappa shape index (κ1) is 9.84. The van der Waals surface area contributed by atoms with Gasteiger partial charge in [0.05, 0.1) is 12.2 Å². The van der Waals surface area contributed by atoms with Gasteiger partial charge < -0.3 is 21.1 Å². The van der Waals surface area contributed by atoms with Crippen LogP contribution in [-0.4, -0.2) is 40.2 Å². The number of rotatable bonds is 4. The van der Waals surface area contributed by atoms with Crippen LogP contribution in [-0.2, 0) is 0 Å². The molecule has 3 atom stereocenters. The van der Waals surface area contributed by atoms with Crippen LogP contribution in [0.1, 0.15) is 13.3 Å². The fourth-order valence-corrected chi connectivity index (χ4v) is 0.637. The quantitative estimate of drug-likeness (QED) is 0.389. The van der Waals surface area contributed by atoms with Crippen molar-refractivity contribution in [1.29, 1.82) is 0 Å². The van der Waals surface area contributed by atoms with Crippen molar-refractivity contribution in [3.05, 3.63) is 0 Å². The normalized spacial score (nSPS) is 20.1. The van der Waals surface area contributed by atoms with E-state index in [0.717, 1.165) is 0 Å². The zero-order valence-corrected chi connectivity index (χ0v) is 6.07. The predicted molar refractivity (Wildman–Crippen MR) is 37.4 cm³/mol. The highest BCUT2D eigenvalue weighted by Crippen LogP contribution is 2.01. The third kappa shape index (κ3) is 2.62. The van der Waals surface area contributed by atoms with Gasteiger partial charge in [0, 0.05) is 6.54 Å². The molecule has 10 heavy (non-hydrogen) atoms. The van der Waals surface area contributed by atoms with E-state index in [-0.39, 0.29) is 6.54 Å². The van der Waals surface area contributed by atoms with E-state index in [0.29, 0.717) is 6.42 Å². The summed E-state index contributed by atoms with van der Waals surface area (Å²) in [4.78, 5) is 0. The SMILES string of the molecule is CC[C@@H](O)C(O)C(O)CN. The molecule has 0 radical (unpaired) electrons. The van der Waals surface area contributed by atoms with Gasteiger partial charge >= 0.3 is 0 Å². The summed E-state index contributed by atoms with van der Waals surface area (Å²) in [6, 6.07) is 0. The Hall–Kier alpha value is -0.160. The van der Waals surface area contributed by atoms with Gasteiger partial charge in [0.15, 0.2) is 0 Å². The van der Waals surface area contributed by atoms with Crippen LogP contribution in [0.25, 0.3) is 0 Å². The van der Waals surface area contributed by atoms with Gasteiger partial charge in [0.1, 0.15) is 6.10 Å². The molecule has 4 nitrogen and oxygen atoms in total. The second kappa shape index (κ2) is 4.62. The lowest BCUT2D eigenvalue weighted by atomic mass is 10.1. The van der Waals surface area contributed by atoms with Gasteiger partial charge in [-0.2, -0.15) is 0 Å². The monoisotopic (exact) mass is 149 g/mol. The standard InChI is InChI=1S/C6H15NO3/c1-2-4(8)6(10)5(9)3-7/h4-6,8-10H,2-3,7H2,1H3/t4-,5?,6?/m1/s1. The van der Waals surface area contributed by atoms with Gasteiger partial charge in [-0.1, -0.05) is 6.92 Å². The minimum atomic E-state index is -1.12. The molecule has 62 valence electrons. The molecule has 0 amide bonds. The lowest BCUT2D eigenvalue weighted by Gasteiger charge is -2.20. The molecule has 0 bridgehead atoms. The summed E-state index contributed by atoms with van der Waals surface area (Å²) in [7, 11) is 0. The average molecular weight is 149 g/mol. The van der Waals surface area contributed by atoms with E-state index in [9.17, 15) is 0 Å². The van der Waals surface area contributed by atoms with Crippen molar-refractivity contribution in [3.8, 4) is 0 Å². The smallest absolute Gasteiger partial charge is 0.107 e. The molecular formula is C6H15NO3. The van der Waals surface area contributed by atoms with Gasteiger partial charge in [-0.15, -0.1) is 0 Å². The molecule has 2 unspecified atom stereocenters. The third-order valence-corrected chi connectivity index (χ3v) is 1.45. The molecule has 0 aliphatic rings. The third-order valence-electron chi connectivity index (χ3n) is 1.45. The van der Waals surface area contributed by atoms with Crippen LogP contribution in [0.15, 0.2) is 0 Å². The molecule has 0 saturated carbocycles. The van der Waals surface area contributed by atoms with Crippen LogP contribution in [0.2, 0.25) is 0 Å². The Morgan fingerprint density at radius 3 is 2.00 bits per heavy atom. The van der Waals surface area contributed by atoms with E-state index in [1.54, 1.807) is 6.92 Å². The Morgan fingerprint density at radius 1 is 1.20 bits per heavy atom. The Morgan fingerprint density at radius 2 is 1.70 bits per heavy atom. The molecular weight excluding hydrogens is 134 g/mol. The van der Waals surface area contributed by atoms with E-state index >= 15 is 0 Å². The summed E-state index contributed by atoms with van der Waals surface area (Å²) in [6.07, 6.45) is -2.60. The minimum Gasteiger partial charge on any atom is -0.390 e. The maximum Gasteiger partial charge on any atom is 0.107 e. The molecule has 0 heterocycles. The Labute approximate surface area is 60.3 Å². The largest absolute Gasteiger partial charge is 0.390 e. The first-order valence-electron chi connectivity index (χ1n) is 3.37. The van der Waals surface area contributed by atoms with Crippen molar-refractivity contribution in [2.75, 3.05) is 6.54 Å². The second-order valence-corrected chi connectivity index (χ2v) is 2.27. The molecule has 0 aromatic rings.